The molecule has 0 radical (unpaired) electrons. The second-order valence-corrected chi connectivity index (χ2v) is 10.7. The van der Waals surface area contributed by atoms with Crippen LogP contribution in [-0.2, 0) is 41.8 Å². The lowest BCUT2D eigenvalue weighted by Gasteiger charge is -2.45. The first-order valence-electron chi connectivity index (χ1n) is 13.7. The number of methoxy groups -OCH3 is 1. The first-order valence-corrected chi connectivity index (χ1v) is 13.7. The van der Waals surface area contributed by atoms with E-state index in [1.165, 1.54) is 11.8 Å². The second-order valence-electron chi connectivity index (χ2n) is 10.7. The summed E-state index contributed by atoms with van der Waals surface area (Å²) in [6, 6.07) is 9.14. The average molecular weight is 631 g/mol. The molecule has 0 heterocycles. The van der Waals surface area contributed by atoms with Crippen LogP contribution in [0, 0.1) is 0 Å². The summed E-state index contributed by atoms with van der Waals surface area (Å²) in [5, 5.41) is 12.0. The number of esters is 1. The van der Waals surface area contributed by atoms with E-state index in [0.29, 0.717) is 17.7 Å². The molecule has 2 amide bonds. The minimum absolute atomic E-state index is 0.00152. The van der Waals surface area contributed by atoms with Gasteiger partial charge in [0.25, 0.3) is 0 Å². The van der Waals surface area contributed by atoms with Crippen molar-refractivity contribution < 1.29 is 55.4 Å². The molecule has 0 aromatic heterocycles. The van der Waals surface area contributed by atoms with E-state index in [2.05, 4.69) is 10.1 Å². The van der Waals surface area contributed by atoms with Gasteiger partial charge < -0.3 is 20.1 Å². The highest BCUT2D eigenvalue weighted by Crippen LogP contribution is 2.41. The van der Waals surface area contributed by atoms with Crippen molar-refractivity contribution in [3.05, 3.63) is 70.8 Å². The van der Waals surface area contributed by atoms with Crippen LogP contribution < -0.4 is 5.32 Å². The molecule has 1 unspecified atom stereocenters. The maximum Gasteiger partial charge on any atom is 0.416 e. The first-order chi connectivity index (χ1) is 20.5. The smallest absolute Gasteiger partial charge is 0.416 e. The summed E-state index contributed by atoms with van der Waals surface area (Å²) in [5.74, 6) is -4.78. The number of rotatable bonds is 10. The number of aliphatic carboxylic acids is 1. The number of carbonyl (C=O) groups is 4. The molecule has 14 heteroatoms. The molecule has 1 atom stereocenters. The van der Waals surface area contributed by atoms with E-state index >= 15 is 0 Å². The molecule has 1 saturated carbocycles. The maximum atomic E-state index is 13.5. The van der Waals surface area contributed by atoms with E-state index in [9.17, 15) is 45.5 Å². The molecule has 2 aromatic rings. The Morgan fingerprint density at radius 1 is 0.977 bits per heavy atom. The largest absolute Gasteiger partial charge is 0.481 e. The predicted molar refractivity (Wildman–Crippen MR) is 144 cm³/mol. The molecule has 8 nitrogen and oxygen atoms in total. The summed E-state index contributed by atoms with van der Waals surface area (Å²) < 4.78 is 85.3. The van der Waals surface area contributed by atoms with Crippen LogP contribution >= 0.6 is 0 Å². The fourth-order valence-electron chi connectivity index (χ4n) is 5.40. The Kier molecular flexibility index (Phi) is 10.7. The Morgan fingerprint density at radius 2 is 1.52 bits per heavy atom. The molecule has 2 N–H and O–H groups in total. The molecule has 2 aromatic carbocycles. The molecule has 0 spiro atoms. The van der Waals surface area contributed by atoms with Gasteiger partial charge in [0.2, 0.25) is 11.8 Å². The van der Waals surface area contributed by atoms with Crippen LogP contribution in [0.5, 0.6) is 0 Å². The Balaban J connectivity index is 1.91. The van der Waals surface area contributed by atoms with Crippen molar-refractivity contribution in [3.63, 3.8) is 0 Å². The fraction of sp³-hybridized carbons (Fsp3) is 0.467. The number of hydrogen-bond donors (Lipinski definition) is 2. The number of nitrogens with one attached hydrogen (secondary N) is 1. The number of amides is 2. The summed E-state index contributed by atoms with van der Waals surface area (Å²) in [6.45, 7) is 1.04. The highest BCUT2D eigenvalue weighted by molar-refractivity contribution is 5.94. The minimum Gasteiger partial charge on any atom is -0.481 e. The summed E-state index contributed by atoms with van der Waals surface area (Å²) in [4.78, 5) is 50.6. The van der Waals surface area contributed by atoms with Crippen LogP contribution in [0.1, 0.15) is 73.6 Å². The summed E-state index contributed by atoms with van der Waals surface area (Å²) in [5.41, 5.74) is -3.98. The van der Waals surface area contributed by atoms with Gasteiger partial charge in [-0.25, -0.2) is 0 Å². The van der Waals surface area contributed by atoms with E-state index in [4.69, 9.17) is 5.11 Å². The lowest BCUT2D eigenvalue weighted by molar-refractivity contribution is -0.149. The Labute approximate surface area is 249 Å². The van der Waals surface area contributed by atoms with Gasteiger partial charge >= 0.3 is 24.3 Å². The number of benzene rings is 2. The zero-order chi connectivity index (χ0) is 32.9. The number of nitrogens with zero attached hydrogens (tertiary/aromatic N) is 1. The molecule has 1 fully saturated rings. The van der Waals surface area contributed by atoms with E-state index < -0.39 is 76.7 Å². The van der Waals surface area contributed by atoms with Crippen molar-refractivity contribution in [3.8, 4) is 0 Å². The number of halogens is 6. The van der Waals surface area contributed by atoms with E-state index in [1.807, 2.05) is 0 Å². The molecular weight excluding hydrogens is 598 g/mol. The first kappa shape index (κ1) is 34.4. The van der Waals surface area contributed by atoms with Gasteiger partial charge in [-0.1, -0.05) is 30.3 Å². The normalized spacial score (nSPS) is 19.5. The molecule has 240 valence electrons. The van der Waals surface area contributed by atoms with Gasteiger partial charge in [0, 0.05) is 12.6 Å². The van der Waals surface area contributed by atoms with Crippen molar-refractivity contribution in [2.24, 2.45) is 0 Å². The number of ether oxygens (including phenoxy) is 1. The highest BCUT2D eigenvalue weighted by atomic mass is 19.4. The molecule has 44 heavy (non-hydrogen) atoms. The zero-order valence-electron chi connectivity index (χ0n) is 23.9. The van der Waals surface area contributed by atoms with E-state index in [1.54, 1.807) is 30.3 Å². The van der Waals surface area contributed by atoms with Gasteiger partial charge in [0.1, 0.15) is 6.42 Å². The molecule has 1 aliphatic carbocycles. The van der Waals surface area contributed by atoms with Crippen LogP contribution in [-0.4, -0.2) is 53.5 Å². The topological polar surface area (TPSA) is 113 Å². The fourth-order valence-corrected chi connectivity index (χ4v) is 5.40. The molecule has 1 aliphatic rings. The van der Waals surface area contributed by atoms with Crippen LogP contribution in [0.2, 0.25) is 0 Å². The highest BCUT2D eigenvalue weighted by Gasteiger charge is 2.42. The van der Waals surface area contributed by atoms with Gasteiger partial charge in [0.05, 0.1) is 36.1 Å². The average Bonchev–Trinajstić information content (AvgIpc) is 2.96. The standard InChI is InChI=1S/C30H32F6N2O6/c1-18(19-14-21(29(31,32)33)16-22(15-19)30(34,35)36)27(43)37-28(20-6-4-3-5-7-20)11-8-23(9-12-28)38(13-10-25(40)41)24(39)17-26(42)44-2/h3-7,14-16,18,23H,8-13,17H2,1-2H3,(H,37,43)(H,40,41). The number of carbonyl (C=O) groups excluding carboxylic acids is 3. The Morgan fingerprint density at radius 3 is 2.00 bits per heavy atom. The molecule has 0 bridgehead atoms. The quantitative estimate of drug-likeness (QED) is 0.199. The molecule has 0 aliphatic heterocycles. The van der Waals surface area contributed by atoms with Crippen LogP contribution in [0.15, 0.2) is 48.5 Å². The monoisotopic (exact) mass is 630 g/mol. The predicted octanol–water partition coefficient (Wildman–Crippen LogP) is 5.65. The van der Waals surface area contributed by atoms with Crippen molar-refractivity contribution in [1.82, 2.24) is 10.2 Å². The van der Waals surface area contributed by atoms with E-state index in [0.717, 1.165) is 7.11 Å². The third-order valence-electron chi connectivity index (χ3n) is 7.85. The molecular formula is C30H32F6N2O6. The maximum absolute atomic E-state index is 13.5. The van der Waals surface area contributed by atoms with Gasteiger partial charge in [-0.05, 0) is 61.9 Å². The van der Waals surface area contributed by atoms with Crippen LogP contribution in [0.25, 0.3) is 0 Å². The van der Waals surface area contributed by atoms with Gasteiger partial charge in [-0.2, -0.15) is 26.3 Å². The van der Waals surface area contributed by atoms with Crippen molar-refractivity contribution in [2.75, 3.05) is 13.7 Å². The third-order valence-corrected chi connectivity index (χ3v) is 7.85. The van der Waals surface area contributed by atoms with E-state index in [-0.39, 0.29) is 44.7 Å². The molecule has 0 saturated heterocycles. The second kappa shape index (κ2) is 13.7. The lowest BCUT2D eigenvalue weighted by atomic mass is 9.74. The number of alkyl halides is 6. The van der Waals surface area contributed by atoms with Gasteiger partial charge in [0.15, 0.2) is 0 Å². The zero-order valence-corrected chi connectivity index (χ0v) is 23.9. The summed E-state index contributed by atoms with van der Waals surface area (Å²) >= 11 is 0. The van der Waals surface area contributed by atoms with Crippen LogP contribution in [0.4, 0.5) is 26.3 Å². The summed E-state index contributed by atoms with van der Waals surface area (Å²) in [6.07, 6.45) is -10.2. The van der Waals surface area contributed by atoms with Gasteiger partial charge in [-0.15, -0.1) is 0 Å². The summed E-state index contributed by atoms with van der Waals surface area (Å²) in [7, 11) is 1.11. The SMILES string of the molecule is COC(=O)CC(=O)N(CCC(=O)O)C1CCC(NC(=O)C(C)c2cc(C(F)(F)F)cc(C(F)(F)F)c2)(c2ccccc2)CC1. The van der Waals surface area contributed by atoms with Crippen molar-refractivity contribution >= 4 is 23.8 Å². The minimum atomic E-state index is -5.08. The Bertz CT molecular complexity index is 1320. The van der Waals surface area contributed by atoms with Crippen molar-refractivity contribution in [2.45, 2.75) is 75.3 Å². The Hall–Kier alpha value is -4.10. The lowest BCUT2D eigenvalue weighted by Crippen LogP contribution is -2.53. The van der Waals surface area contributed by atoms with Crippen molar-refractivity contribution in [1.29, 1.82) is 0 Å². The molecule has 3 rings (SSSR count). The number of carboxylic acid groups (broad SMARTS) is 1. The third kappa shape index (κ3) is 8.50. The van der Waals surface area contributed by atoms with Gasteiger partial charge in [-0.3, -0.25) is 19.2 Å². The number of hydrogen-bond acceptors (Lipinski definition) is 5. The van der Waals surface area contributed by atoms with Crippen LogP contribution in [0.3, 0.4) is 0 Å². The number of carboxylic acids is 1.